The third-order valence-electron chi connectivity index (χ3n) is 1.51. The normalized spacial score (nSPS) is 15.9. The van der Waals surface area contributed by atoms with Crippen LogP contribution in [0.3, 0.4) is 0 Å². The highest BCUT2D eigenvalue weighted by atomic mass is 32.2. The highest BCUT2D eigenvalue weighted by Crippen LogP contribution is 2.23. The molecule has 0 aromatic carbocycles. The maximum atomic E-state index is 10.5. The number of carbonyl (C=O) groups excluding carboxylic acids is 1. The smallest absolute Gasteiger partial charge is 0.165 e. The molecule has 3 heteroatoms. The van der Waals surface area contributed by atoms with Crippen molar-refractivity contribution in [3.05, 3.63) is 0 Å². The highest BCUT2D eigenvalue weighted by Gasteiger charge is 2.21. The molecule has 1 unspecified atom stereocenters. The fourth-order valence-corrected chi connectivity index (χ4v) is 1.58. The van der Waals surface area contributed by atoms with E-state index in [1.165, 1.54) is 0 Å². The standard InChI is InChI=1S/C8H16O2S/c1-4-5-6-11-8(2,7-9)10-3/h7H,4-6H2,1-3H3. The molecule has 0 aliphatic carbocycles. The lowest BCUT2D eigenvalue weighted by Gasteiger charge is -2.19. The van der Waals surface area contributed by atoms with E-state index in [9.17, 15) is 4.79 Å². The largest absolute Gasteiger partial charge is 0.361 e. The average Bonchev–Trinajstić information content (AvgIpc) is 2.05. The number of unbranched alkanes of at least 4 members (excludes halogenated alkanes) is 1. The molecular weight excluding hydrogens is 160 g/mol. The van der Waals surface area contributed by atoms with Gasteiger partial charge in [-0.15, -0.1) is 11.8 Å². The van der Waals surface area contributed by atoms with Gasteiger partial charge in [-0.2, -0.15) is 0 Å². The second kappa shape index (κ2) is 5.61. The first-order chi connectivity index (χ1) is 5.18. The minimum absolute atomic E-state index is 0.630. The first-order valence-electron chi connectivity index (χ1n) is 3.84. The van der Waals surface area contributed by atoms with Crippen LogP contribution in [0.5, 0.6) is 0 Å². The van der Waals surface area contributed by atoms with E-state index in [0.717, 1.165) is 24.9 Å². The zero-order chi connectivity index (χ0) is 8.74. The molecule has 1 atom stereocenters. The molecule has 0 N–H and O–H groups in total. The Morgan fingerprint density at radius 2 is 2.27 bits per heavy atom. The Balaban J connectivity index is 3.60. The van der Waals surface area contributed by atoms with Gasteiger partial charge in [-0.05, 0) is 19.1 Å². The van der Waals surface area contributed by atoms with Crippen molar-refractivity contribution < 1.29 is 9.53 Å². The van der Waals surface area contributed by atoms with Crippen LogP contribution in [0.15, 0.2) is 0 Å². The van der Waals surface area contributed by atoms with Gasteiger partial charge in [-0.3, -0.25) is 4.79 Å². The molecule has 0 saturated heterocycles. The van der Waals surface area contributed by atoms with E-state index in [0.29, 0.717) is 0 Å². The van der Waals surface area contributed by atoms with Crippen molar-refractivity contribution >= 4 is 18.0 Å². The van der Waals surface area contributed by atoms with E-state index in [1.54, 1.807) is 25.8 Å². The van der Waals surface area contributed by atoms with Gasteiger partial charge in [0.2, 0.25) is 0 Å². The topological polar surface area (TPSA) is 26.3 Å². The molecule has 2 nitrogen and oxygen atoms in total. The molecule has 0 rings (SSSR count). The van der Waals surface area contributed by atoms with Crippen molar-refractivity contribution in [1.82, 2.24) is 0 Å². The third kappa shape index (κ3) is 4.43. The van der Waals surface area contributed by atoms with E-state index < -0.39 is 4.93 Å². The summed E-state index contributed by atoms with van der Waals surface area (Å²) in [5.41, 5.74) is 0. The molecule has 0 aliphatic heterocycles. The fraction of sp³-hybridized carbons (Fsp3) is 0.875. The summed E-state index contributed by atoms with van der Waals surface area (Å²) < 4.78 is 5.03. The van der Waals surface area contributed by atoms with E-state index in [1.807, 2.05) is 0 Å². The van der Waals surface area contributed by atoms with Gasteiger partial charge in [0.1, 0.15) is 0 Å². The van der Waals surface area contributed by atoms with Gasteiger partial charge >= 0.3 is 0 Å². The van der Waals surface area contributed by atoms with Gasteiger partial charge in [0.15, 0.2) is 11.2 Å². The van der Waals surface area contributed by atoms with E-state index >= 15 is 0 Å². The molecule has 11 heavy (non-hydrogen) atoms. The van der Waals surface area contributed by atoms with E-state index in [4.69, 9.17) is 4.74 Å². The van der Waals surface area contributed by atoms with Gasteiger partial charge in [0.25, 0.3) is 0 Å². The van der Waals surface area contributed by atoms with Crippen LogP contribution in [0, 0.1) is 0 Å². The average molecular weight is 176 g/mol. The summed E-state index contributed by atoms with van der Waals surface area (Å²) >= 11 is 1.56. The summed E-state index contributed by atoms with van der Waals surface area (Å²) in [5.74, 6) is 0.986. The molecule has 0 radical (unpaired) electrons. The first kappa shape index (κ1) is 11.0. The Morgan fingerprint density at radius 3 is 2.64 bits per heavy atom. The number of hydrogen-bond donors (Lipinski definition) is 0. The Bertz CT molecular complexity index is 117. The summed E-state index contributed by atoms with van der Waals surface area (Å²) in [5, 5.41) is 0. The van der Waals surface area contributed by atoms with Crippen LogP contribution >= 0.6 is 11.8 Å². The van der Waals surface area contributed by atoms with Gasteiger partial charge in [-0.1, -0.05) is 13.3 Å². The molecule has 0 amide bonds. The molecular formula is C8H16O2S. The molecule has 66 valence electrons. The number of methoxy groups -OCH3 is 1. The van der Waals surface area contributed by atoms with Gasteiger partial charge < -0.3 is 4.74 Å². The van der Waals surface area contributed by atoms with Crippen molar-refractivity contribution in [3.8, 4) is 0 Å². The fourth-order valence-electron chi connectivity index (χ4n) is 0.560. The zero-order valence-corrected chi connectivity index (χ0v) is 8.24. The number of thioether (sulfide) groups is 1. The predicted octanol–water partition coefficient (Wildman–Crippen LogP) is 2.08. The Hall–Kier alpha value is -0.0200. The number of rotatable bonds is 6. The number of hydrogen-bond acceptors (Lipinski definition) is 3. The maximum absolute atomic E-state index is 10.5. The predicted molar refractivity (Wildman–Crippen MR) is 48.8 cm³/mol. The lowest BCUT2D eigenvalue weighted by Crippen LogP contribution is -2.24. The monoisotopic (exact) mass is 176 g/mol. The second-order valence-corrected chi connectivity index (χ2v) is 4.05. The molecule has 0 bridgehead atoms. The molecule has 0 heterocycles. The van der Waals surface area contributed by atoms with Crippen molar-refractivity contribution in [2.45, 2.75) is 31.6 Å². The Morgan fingerprint density at radius 1 is 1.64 bits per heavy atom. The zero-order valence-electron chi connectivity index (χ0n) is 7.42. The molecule has 0 spiro atoms. The lowest BCUT2D eigenvalue weighted by molar-refractivity contribution is -0.117. The summed E-state index contributed by atoms with van der Waals surface area (Å²) in [6, 6.07) is 0. The molecule has 0 aromatic heterocycles. The first-order valence-corrected chi connectivity index (χ1v) is 4.82. The molecule has 0 aliphatic rings. The Labute approximate surface area is 72.7 Å². The van der Waals surface area contributed by atoms with Crippen LogP contribution < -0.4 is 0 Å². The van der Waals surface area contributed by atoms with E-state index in [2.05, 4.69) is 6.92 Å². The summed E-state index contributed by atoms with van der Waals surface area (Å²) in [4.78, 5) is 9.88. The molecule has 0 fully saturated rings. The van der Waals surface area contributed by atoms with Crippen molar-refractivity contribution in [2.24, 2.45) is 0 Å². The van der Waals surface area contributed by atoms with Crippen molar-refractivity contribution in [3.63, 3.8) is 0 Å². The number of aldehydes is 1. The SMILES string of the molecule is CCCCSC(C)(C=O)OC. The number of carbonyl (C=O) groups is 1. The van der Waals surface area contributed by atoms with Crippen molar-refractivity contribution in [2.75, 3.05) is 12.9 Å². The molecule has 0 aromatic rings. The summed E-state index contributed by atoms with van der Waals surface area (Å²) in [7, 11) is 1.56. The highest BCUT2D eigenvalue weighted by molar-refractivity contribution is 8.01. The summed E-state index contributed by atoms with van der Waals surface area (Å²) in [6.07, 6.45) is 3.15. The van der Waals surface area contributed by atoms with Crippen LogP contribution in [0.1, 0.15) is 26.7 Å². The van der Waals surface area contributed by atoms with Crippen molar-refractivity contribution in [1.29, 1.82) is 0 Å². The van der Waals surface area contributed by atoms with Crippen LogP contribution in [0.2, 0.25) is 0 Å². The quantitative estimate of drug-likeness (QED) is 0.352. The van der Waals surface area contributed by atoms with Crippen LogP contribution in [0.4, 0.5) is 0 Å². The van der Waals surface area contributed by atoms with Gasteiger partial charge in [0, 0.05) is 7.11 Å². The summed E-state index contributed by atoms with van der Waals surface area (Å²) in [6.45, 7) is 3.92. The maximum Gasteiger partial charge on any atom is 0.165 e. The van der Waals surface area contributed by atoms with Gasteiger partial charge in [-0.25, -0.2) is 0 Å². The van der Waals surface area contributed by atoms with Crippen LogP contribution in [0.25, 0.3) is 0 Å². The number of ether oxygens (including phenoxy) is 1. The minimum Gasteiger partial charge on any atom is -0.361 e. The van der Waals surface area contributed by atoms with Crippen LogP contribution in [-0.2, 0) is 9.53 Å². The lowest BCUT2D eigenvalue weighted by atomic mass is 10.4. The molecule has 0 saturated carbocycles. The van der Waals surface area contributed by atoms with Crippen LogP contribution in [-0.4, -0.2) is 24.1 Å². The second-order valence-electron chi connectivity index (χ2n) is 2.54. The minimum atomic E-state index is -0.630. The Kier molecular flexibility index (Phi) is 5.60. The van der Waals surface area contributed by atoms with E-state index in [-0.39, 0.29) is 0 Å². The third-order valence-corrected chi connectivity index (χ3v) is 2.83. The van der Waals surface area contributed by atoms with Gasteiger partial charge in [0.05, 0.1) is 0 Å².